The Morgan fingerprint density at radius 2 is 1.88 bits per heavy atom. The van der Waals surface area contributed by atoms with Crippen molar-refractivity contribution in [1.82, 2.24) is 10.6 Å². The molecule has 0 aromatic heterocycles. The second-order valence-electron chi connectivity index (χ2n) is 5.81. The van der Waals surface area contributed by atoms with E-state index in [1.54, 1.807) is 18.2 Å². The molecule has 8 nitrogen and oxygen atoms in total. The summed E-state index contributed by atoms with van der Waals surface area (Å²) in [5.74, 6) is 0.230. The van der Waals surface area contributed by atoms with Gasteiger partial charge in [-0.05, 0) is 24.1 Å². The molecule has 0 radical (unpaired) electrons. The van der Waals surface area contributed by atoms with Gasteiger partial charge in [-0.15, -0.1) is 0 Å². The molecule has 138 valence electrons. The quantitative estimate of drug-likeness (QED) is 0.655. The van der Waals surface area contributed by atoms with E-state index in [4.69, 9.17) is 9.47 Å². The molecule has 1 aromatic rings. The molecular weight excluding hydrogens is 348 g/mol. The van der Waals surface area contributed by atoms with Gasteiger partial charge < -0.3 is 20.1 Å². The van der Waals surface area contributed by atoms with Crippen LogP contribution in [0.2, 0.25) is 0 Å². The number of amides is 2. The zero-order valence-corrected chi connectivity index (χ0v) is 15.0. The Kier molecular flexibility index (Phi) is 6.24. The van der Waals surface area contributed by atoms with Gasteiger partial charge in [-0.25, -0.2) is 8.42 Å². The van der Waals surface area contributed by atoms with Crippen LogP contribution in [0.3, 0.4) is 0 Å². The van der Waals surface area contributed by atoms with Crippen molar-refractivity contribution in [3.8, 4) is 11.5 Å². The van der Waals surface area contributed by atoms with E-state index in [0.717, 1.165) is 5.56 Å². The molecular formula is C16H22N2O6S. The van der Waals surface area contributed by atoms with E-state index in [2.05, 4.69) is 10.6 Å². The Labute approximate surface area is 146 Å². The van der Waals surface area contributed by atoms with Crippen LogP contribution in [0.5, 0.6) is 11.5 Å². The minimum absolute atomic E-state index is 0.0635. The van der Waals surface area contributed by atoms with E-state index < -0.39 is 27.7 Å². The molecule has 2 amide bonds. The van der Waals surface area contributed by atoms with Crippen molar-refractivity contribution in [3.05, 3.63) is 23.8 Å². The molecule has 1 fully saturated rings. The van der Waals surface area contributed by atoms with Crippen LogP contribution in [0.1, 0.15) is 18.4 Å². The van der Waals surface area contributed by atoms with Crippen molar-refractivity contribution < 1.29 is 27.5 Å². The number of hydrogen-bond donors (Lipinski definition) is 2. The number of benzene rings is 1. The molecule has 0 saturated carbocycles. The molecule has 1 aliphatic rings. The highest BCUT2D eigenvalue weighted by Gasteiger charge is 2.29. The van der Waals surface area contributed by atoms with Crippen LogP contribution in [0.25, 0.3) is 0 Å². The van der Waals surface area contributed by atoms with Gasteiger partial charge in [0.15, 0.2) is 21.3 Å². The summed E-state index contributed by atoms with van der Waals surface area (Å²) in [5, 5.41) is 5.23. The fourth-order valence-corrected chi connectivity index (χ4v) is 4.26. The Morgan fingerprint density at radius 1 is 1.16 bits per heavy atom. The molecule has 1 unspecified atom stereocenters. The highest BCUT2D eigenvalue weighted by molar-refractivity contribution is 7.91. The summed E-state index contributed by atoms with van der Waals surface area (Å²) >= 11 is 0. The van der Waals surface area contributed by atoms with Crippen LogP contribution in [0.4, 0.5) is 0 Å². The molecule has 9 heteroatoms. The lowest BCUT2D eigenvalue weighted by Gasteiger charge is -2.12. The van der Waals surface area contributed by atoms with Crippen molar-refractivity contribution in [2.75, 3.05) is 25.7 Å². The standard InChI is InChI=1S/C16H22N2O6S/c1-23-13-4-3-11(7-14(13)24-2)9-17-15(19)8-16(20)18-12-5-6-25(21,22)10-12/h3-4,7,12H,5-6,8-10H2,1-2H3,(H,17,19)(H,18,20). The molecule has 25 heavy (non-hydrogen) atoms. The smallest absolute Gasteiger partial charge is 0.229 e. The Bertz CT molecular complexity index is 747. The minimum Gasteiger partial charge on any atom is -0.493 e. The Morgan fingerprint density at radius 3 is 2.48 bits per heavy atom. The topological polar surface area (TPSA) is 111 Å². The first-order valence-electron chi connectivity index (χ1n) is 7.80. The maximum absolute atomic E-state index is 11.9. The molecule has 1 aromatic carbocycles. The van der Waals surface area contributed by atoms with Gasteiger partial charge in [-0.2, -0.15) is 0 Å². The molecule has 2 N–H and O–H groups in total. The summed E-state index contributed by atoms with van der Waals surface area (Å²) in [7, 11) is -0.00879. The third-order valence-electron chi connectivity index (χ3n) is 3.86. The third-order valence-corrected chi connectivity index (χ3v) is 5.62. The largest absolute Gasteiger partial charge is 0.493 e. The molecule has 0 bridgehead atoms. The molecule has 1 atom stereocenters. The first-order valence-corrected chi connectivity index (χ1v) is 9.62. The van der Waals surface area contributed by atoms with Crippen LogP contribution in [-0.4, -0.2) is 52.0 Å². The van der Waals surface area contributed by atoms with Crippen molar-refractivity contribution >= 4 is 21.7 Å². The number of hydrogen-bond acceptors (Lipinski definition) is 6. The summed E-state index contributed by atoms with van der Waals surface area (Å²) in [6, 6.07) is 4.84. The van der Waals surface area contributed by atoms with Gasteiger partial charge in [-0.3, -0.25) is 9.59 Å². The van der Waals surface area contributed by atoms with Crippen molar-refractivity contribution in [2.24, 2.45) is 0 Å². The first-order chi connectivity index (χ1) is 11.8. The van der Waals surface area contributed by atoms with Crippen LogP contribution < -0.4 is 20.1 Å². The van der Waals surface area contributed by atoms with Crippen LogP contribution in [-0.2, 0) is 26.0 Å². The predicted octanol–water partition coefficient (Wildman–Crippen LogP) is 0.0134. The average Bonchev–Trinajstić information content (AvgIpc) is 2.90. The highest BCUT2D eigenvalue weighted by Crippen LogP contribution is 2.27. The van der Waals surface area contributed by atoms with Gasteiger partial charge >= 0.3 is 0 Å². The lowest BCUT2D eigenvalue weighted by molar-refractivity contribution is -0.129. The summed E-state index contributed by atoms with van der Waals surface area (Å²) < 4.78 is 33.0. The average molecular weight is 370 g/mol. The van der Waals surface area contributed by atoms with Gasteiger partial charge in [0.25, 0.3) is 0 Å². The fraction of sp³-hybridized carbons (Fsp3) is 0.500. The summed E-state index contributed by atoms with van der Waals surface area (Å²) in [5.41, 5.74) is 0.799. The predicted molar refractivity (Wildman–Crippen MR) is 91.2 cm³/mol. The number of sulfone groups is 1. The maximum Gasteiger partial charge on any atom is 0.229 e. The van der Waals surface area contributed by atoms with Crippen molar-refractivity contribution in [1.29, 1.82) is 0 Å². The SMILES string of the molecule is COc1ccc(CNC(=O)CC(=O)NC2CCS(=O)(=O)C2)cc1OC. The van der Waals surface area contributed by atoms with E-state index in [0.29, 0.717) is 17.9 Å². The summed E-state index contributed by atoms with van der Waals surface area (Å²) in [4.78, 5) is 23.7. The molecule has 0 aliphatic carbocycles. The van der Waals surface area contributed by atoms with Crippen molar-refractivity contribution in [2.45, 2.75) is 25.4 Å². The molecule has 1 heterocycles. The number of ether oxygens (including phenoxy) is 2. The number of methoxy groups -OCH3 is 2. The molecule has 1 saturated heterocycles. The van der Waals surface area contributed by atoms with E-state index >= 15 is 0 Å². The maximum atomic E-state index is 11.9. The van der Waals surface area contributed by atoms with Crippen LogP contribution in [0, 0.1) is 0 Å². The number of carbonyl (C=O) groups excluding carboxylic acids is 2. The number of rotatable bonds is 7. The normalized spacial score (nSPS) is 18.4. The zero-order valence-electron chi connectivity index (χ0n) is 14.2. The summed E-state index contributed by atoms with van der Waals surface area (Å²) in [6.07, 6.45) is 0.0468. The molecule has 2 rings (SSSR count). The van der Waals surface area contributed by atoms with E-state index in [-0.39, 0.29) is 24.5 Å². The van der Waals surface area contributed by atoms with Gasteiger partial charge in [0.1, 0.15) is 6.42 Å². The monoisotopic (exact) mass is 370 g/mol. The second kappa shape index (κ2) is 8.19. The molecule has 0 spiro atoms. The van der Waals surface area contributed by atoms with E-state index in [1.807, 2.05) is 0 Å². The third kappa shape index (κ3) is 5.63. The summed E-state index contributed by atoms with van der Waals surface area (Å²) in [6.45, 7) is 0.240. The second-order valence-corrected chi connectivity index (χ2v) is 8.04. The fourth-order valence-electron chi connectivity index (χ4n) is 2.59. The van der Waals surface area contributed by atoms with Gasteiger partial charge in [-0.1, -0.05) is 6.07 Å². The van der Waals surface area contributed by atoms with Crippen LogP contribution in [0.15, 0.2) is 18.2 Å². The van der Waals surface area contributed by atoms with Crippen molar-refractivity contribution in [3.63, 3.8) is 0 Å². The lowest BCUT2D eigenvalue weighted by atomic mass is 10.2. The van der Waals surface area contributed by atoms with Gasteiger partial charge in [0.05, 0.1) is 25.7 Å². The number of carbonyl (C=O) groups is 2. The highest BCUT2D eigenvalue weighted by atomic mass is 32.2. The van der Waals surface area contributed by atoms with Crippen LogP contribution >= 0.6 is 0 Å². The minimum atomic E-state index is -3.07. The Balaban J connectivity index is 1.79. The first kappa shape index (κ1) is 19.0. The molecule has 1 aliphatic heterocycles. The zero-order chi connectivity index (χ0) is 18.4. The van der Waals surface area contributed by atoms with Gasteiger partial charge in [0.2, 0.25) is 11.8 Å². The number of nitrogens with one attached hydrogen (secondary N) is 2. The van der Waals surface area contributed by atoms with Gasteiger partial charge in [0, 0.05) is 12.6 Å². The van der Waals surface area contributed by atoms with E-state index in [9.17, 15) is 18.0 Å². The Hall–Kier alpha value is -2.29. The lowest BCUT2D eigenvalue weighted by Crippen LogP contribution is -2.38. The van der Waals surface area contributed by atoms with E-state index in [1.165, 1.54) is 14.2 Å².